The Kier molecular flexibility index (Phi) is 6.99. The van der Waals surface area contributed by atoms with Crippen LogP contribution in [-0.2, 0) is 14.8 Å². The smallest absolute Gasteiger partial charge is 0.449 e. The molecule has 0 spiro atoms. The van der Waals surface area contributed by atoms with Gasteiger partial charge in [-0.25, -0.2) is 17.8 Å². The molecule has 0 radical (unpaired) electrons. The maximum absolute atomic E-state index is 13.3. The van der Waals surface area contributed by atoms with Crippen LogP contribution in [0.5, 0.6) is 5.75 Å². The minimum Gasteiger partial charge on any atom is -0.492 e. The molecule has 2 N–H and O–H groups in total. The molecule has 1 atom stereocenters. The predicted octanol–water partition coefficient (Wildman–Crippen LogP) is 1.66. The Morgan fingerprint density at radius 2 is 2.07 bits per heavy atom. The number of para-hydroxylation sites is 1. The molecule has 2 fully saturated rings. The summed E-state index contributed by atoms with van der Waals surface area (Å²) in [5.74, 6) is 0.364. The van der Waals surface area contributed by atoms with Gasteiger partial charge >= 0.3 is 6.09 Å². The zero-order valence-corrected chi connectivity index (χ0v) is 17.6. The van der Waals surface area contributed by atoms with Gasteiger partial charge in [0.25, 0.3) is 0 Å². The van der Waals surface area contributed by atoms with Gasteiger partial charge in [0.15, 0.2) is 0 Å². The predicted molar refractivity (Wildman–Crippen MR) is 106 cm³/mol. The van der Waals surface area contributed by atoms with Gasteiger partial charge in [-0.3, -0.25) is 0 Å². The standard InChI is InChI=1S/C19H29N3O6S/c1-2-3-12-28-17-6-4-5-7-18(17)29(25,26)21-9-8-16(15-21)22(20-19(23)24)10-13-27-14-11-22/h4-7,16,20H,2-3,8-15H2,1H3/p+1/t16-/m0/s1. The van der Waals surface area contributed by atoms with E-state index in [1.54, 1.807) is 24.3 Å². The molecule has 2 aliphatic heterocycles. The second-order valence-corrected chi connectivity index (χ2v) is 9.37. The third-order valence-corrected chi connectivity index (χ3v) is 7.54. The van der Waals surface area contributed by atoms with E-state index in [0.717, 1.165) is 12.8 Å². The number of carboxylic acid groups (broad SMARTS) is 1. The van der Waals surface area contributed by atoms with Crippen LogP contribution in [0.25, 0.3) is 0 Å². The van der Waals surface area contributed by atoms with Crippen molar-refractivity contribution in [1.82, 2.24) is 9.73 Å². The summed E-state index contributed by atoms with van der Waals surface area (Å²) in [5.41, 5.74) is 2.62. The first-order valence-electron chi connectivity index (χ1n) is 10.1. The molecule has 9 nitrogen and oxygen atoms in total. The number of hydrogen-bond acceptors (Lipinski definition) is 5. The molecule has 29 heavy (non-hydrogen) atoms. The molecule has 0 bridgehead atoms. The van der Waals surface area contributed by atoms with Crippen molar-refractivity contribution in [1.29, 1.82) is 0 Å². The van der Waals surface area contributed by atoms with Crippen molar-refractivity contribution in [2.45, 2.75) is 37.1 Å². The molecule has 0 saturated carbocycles. The molecule has 1 aromatic carbocycles. The minimum atomic E-state index is -3.74. The number of nitrogens with one attached hydrogen (secondary N) is 1. The van der Waals surface area contributed by atoms with E-state index >= 15 is 0 Å². The molecule has 3 rings (SSSR count). The number of ether oxygens (including phenoxy) is 2. The Balaban J connectivity index is 1.79. The summed E-state index contributed by atoms with van der Waals surface area (Å²) >= 11 is 0. The number of morpholine rings is 1. The molecule has 0 aliphatic carbocycles. The summed E-state index contributed by atoms with van der Waals surface area (Å²) in [4.78, 5) is 11.5. The third kappa shape index (κ3) is 4.82. The lowest BCUT2D eigenvalue weighted by Gasteiger charge is -2.43. The Bertz CT molecular complexity index is 810. The second kappa shape index (κ2) is 9.29. The molecular formula is C19H30N3O6S+. The summed E-state index contributed by atoms with van der Waals surface area (Å²) in [6.07, 6.45) is 1.28. The quantitative estimate of drug-likeness (QED) is 0.482. The monoisotopic (exact) mass is 428 g/mol. The fourth-order valence-electron chi connectivity index (χ4n) is 4.01. The molecule has 2 heterocycles. The number of rotatable bonds is 8. The largest absolute Gasteiger partial charge is 0.492 e. The summed E-state index contributed by atoms with van der Waals surface area (Å²) in [7, 11) is -3.74. The molecule has 2 aliphatic rings. The van der Waals surface area contributed by atoms with Crippen LogP contribution in [0.15, 0.2) is 29.2 Å². The van der Waals surface area contributed by atoms with Gasteiger partial charge in [-0.15, -0.1) is 0 Å². The van der Waals surface area contributed by atoms with Crippen LogP contribution in [-0.4, -0.2) is 80.6 Å². The normalized spacial score (nSPS) is 22.3. The van der Waals surface area contributed by atoms with Gasteiger partial charge in [-0.1, -0.05) is 25.5 Å². The van der Waals surface area contributed by atoms with Crippen molar-refractivity contribution in [2.24, 2.45) is 0 Å². The van der Waals surface area contributed by atoms with Crippen molar-refractivity contribution in [3.05, 3.63) is 24.3 Å². The molecule has 10 heteroatoms. The molecule has 1 aromatic rings. The van der Waals surface area contributed by atoms with Crippen LogP contribution < -0.4 is 10.2 Å². The number of amides is 1. The summed E-state index contributed by atoms with van der Waals surface area (Å²) in [5, 5.41) is 9.32. The van der Waals surface area contributed by atoms with Gasteiger partial charge in [0.2, 0.25) is 10.0 Å². The molecule has 2 saturated heterocycles. The maximum atomic E-state index is 13.3. The number of benzene rings is 1. The number of unbranched alkanes of at least 4 members (excludes halogenated alkanes) is 1. The molecular weight excluding hydrogens is 398 g/mol. The lowest BCUT2D eigenvalue weighted by molar-refractivity contribution is -0.987. The van der Waals surface area contributed by atoms with Gasteiger partial charge in [0, 0.05) is 13.0 Å². The first-order chi connectivity index (χ1) is 13.9. The fourth-order valence-corrected chi connectivity index (χ4v) is 5.63. The van der Waals surface area contributed by atoms with E-state index in [1.165, 1.54) is 4.31 Å². The number of hydrogen-bond donors (Lipinski definition) is 2. The van der Waals surface area contributed by atoms with Crippen molar-refractivity contribution in [3.63, 3.8) is 0 Å². The first-order valence-corrected chi connectivity index (χ1v) is 11.5. The van der Waals surface area contributed by atoms with Crippen molar-refractivity contribution < 1.29 is 32.4 Å². The SMILES string of the molecule is CCCCOc1ccccc1S(=O)(=O)N1CC[C@H]([N+]2(NC(=O)O)CCOCC2)C1. The molecule has 0 aromatic heterocycles. The van der Waals surface area contributed by atoms with Gasteiger partial charge < -0.3 is 14.6 Å². The van der Waals surface area contributed by atoms with Crippen LogP contribution >= 0.6 is 0 Å². The Morgan fingerprint density at radius 3 is 2.76 bits per heavy atom. The van der Waals surface area contributed by atoms with E-state index in [-0.39, 0.29) is 22.1 Å². The Labute approximate surface area is 171 Å². The zero-order chi connectivity index (χ0) is 20.9. The van der Waals surface area contributed by atoms with Crippen LogP contribution in [0.1, 0.15) is 26.2 Å². The summed E-state index contributed by atoms with van der Waals surface area (Å²) < 4.78 is 39.3. The van der Waals surface area contributed by atoms with Crippen LogP contribution in [0.3, 0.4) is 0 Å². The Morgan fingerprint density at radius 1 is 1.34 bits per heavy atom. The van der Waals surface area contributed by atoms with Crippen molar-refractivity contribution in [3.8, 4) is 5.75 Å². The number of nitrogens with zero attached hydrogens (tertiary/aromatic N) is 2. The third-order valence-electron chi connectivity index (χ3n) is 5.64. The van der Waals surface area contributed by atoms with E-state index in [2.05, 4.69) is 5.43 Å². The number of quaternary nitrogens is 1. The van der Waals surface area contributed by atoms with Crippen molar-refractivity contribution >= 4 is 16.1 Å². The highest BCUT2D eigenvalue weighted by Crippen LogP contribution is 2.31. The lowest BCUT2D eigenvalue weighted by Crippen LogP contribution is -2.69. The highest BCUT2D eigenvalue weighted by Gasteiger charge is 2.47. The van der Waals surface area contributed by atoms with Crippen LogP contribution in [0.2, 0.25) is 0 Å². The van der Waals surface area contributed by atoms with E-state index in [4.69, 9.17) is 9.47 Å². The number of sulfonamides is 1. The highest BCUT2D eigenvalue weighted by atomic mass is 32.2. The van der Waals surface area contributed by atoms with E-state index in [1.807, 2.05) is 6.92 Å². The average molecular weight is 429 g/mol. The highest BCUT2D eigenvalue weighted by molar-refractivity contribution is 7.89. The summed E-state index contributed by atoms with van der Waals surface area (Å²) in [6.45, 7) is 4.98. The van der Waals surface area contributed by atoms with Crippen molar-refractivity contribution in [2.75, 3.05) is 46.0 Å². The summed E-state index contributed by atoms with van der Waals surface area (Å²) in [6, 6.07) is 6.54. The van der Waals surface area contributed by atoms with Gasteiger partial charge in [-0.2, -0.15) is 9.73 Å². The Hall–Kier alpha value is -1.88. The van der Waals surface area contributed by atoms with E-state index < -0.39 is 16.1 Å². The molecule has 162 valence electrons. The topological polar surface area (TPSA) is 105 Å². The van der Waals surface area contributed by atoms with Gasteiger partial charge in [0.1, 0.15) is 29.8 Å². The lowest BCUT2D eigenvalue weighted by atomic mass is 10.2. The van der Waals surface area contributed by atoms with Crippen LogP contribution in [0, 0.1) is 0 Å². The first kappa shape index (κ1) is 21.8. The molecule has 0 unspecified atom stereocenters. The maximum Gasteiger partial charge on any atom is 0.449 e. The van der Waals surface area contributed by atoms with E-state index in [0.29, 0.717) is 51.6 Å². The van der Waals surface area contributed by atoms with Gasteiger partial charge in [-0.05, 0) is 18.6 Å². The second-order valence-electron chi connectivity index (χ2n) is 7.46. The minimum absolute atomic E-state index is 0.135. The number of carbonyl (C=O) groups is 1. The van der Waals surface area contributed by atoms with Crippen LogP contribution in [0.4, 0.5) is 4.79 Å². The van der Waals surface area contributed by atoms with E-state index in [9.17, 15) is 18.3 Å². The fraction of sp³-hybridized carbons (Fsp3) is 0.632. The average Bonchev–Trinajstić information content (AvgIpc) is 3.21. The van der Waals surface area contributed by atoms with Gasteiger partial charge in [0.05, 0.1) is 26.4 Å². The zero-order valence-electron chi connectivity index (χ0n) is 16.7. The molecule has 1 amide bonds.